The zero-order valence-electron chi connectivity index (χ0n) is 22.3. The first-order valence-corrected chi connectivity index (χ1v) is 14.8. The molecule has 1 saturated carbocycles. The molecule has 3 N–H and O–H groups in total. The summed E-state index contributed by atoms with van der Waals surface area (Å²) >= 11 is 1.64. The Kier molecular flexibility index (Phi) is 7.17. The number of carbonyl (C=O) groups excluding carboxylic acids is 3. The number of fused-ring (bicyclic) bond motifs is 1. The van der Waals surface area contributed by atoms with Crippen molar-refractivity contribution in [1.29, 1.82) is 0 Å². The second-order valence-corrected chi connectivity index (χ2v) is 12.1. The number of nitrogens with two attached hydrogens (primary N) is 1. The molecule has 1 aromatic carbocycles. The molecule has 1 aliphatic carbocycles. The largest absolute Gasteiger partial charge is 0.366 e. The minimum absolute atomic E-state index is 0.0195. The molecular weight excluding hydrogens is 516 g/mol. The number of nitrogens with one attached hydrogen (secondary N) is 1. The number of anilines is 1. The SMILES string of the molecule is CN1CCN(c2nc(-c3ccc(C(=O)NC4(C(=O)N5C[C@H](N)[C@@H]6OCC(=O)[C@H]65)CCCCC4)cc3)cs2)CC1. The fourth-order valence-electron chi connectivity index (χ4n) is 6.35. The lowest BCUT2D eigenvalue weighted by Gasteiger charge is -2.40. The van der Waals surface area contributed by atoms with Crippen LogP contribution in [0.1, 0.15) is 42.5 Å². The molecule has 0 bridgehead atoms. The number of piperazine rings is 1. The van der Waals surface area contributed by atoms with Gasteiger partial charge in [0.1, 0.15) is 24.3 Å². The molecular formula is C28H36N6O4S. The summed E-state index contributed by atoms with van der Waals surface area (Å²) in [6.07, 6.45) is 3.30. The fraction of sp³-hybridized carbons (Fsp3) is 0.571. The number of carbonyl (C=O) groups is 3. The van der Waals surface area contributed by atoms with Crippen molar-refractivity contribution in [3.8, 4) is 11.3 Å². The van der Waals surface area contributed by atoms with Gasteiger partial charge in [0.25, 0.3) is 5.91 Å². The van der Waals surface area contributed by atoms with Crippen LogP contribution in [0.5, 0.6) is 0 Å². The maximum Gasteiger partial charge on any atom is 0.252 e. The van der Waals surface area contributed by atoms with E-state index in [1.807, 2.05) is 12.1 Å². The van der Waals surface area contributed by atoms with Crippen molar-refractivity contribution in [3.63, 3.8) is 0 Å². The zero-order chi connectivity index (χ0) is 27.1. The summed E-state index contributed by atoms with van der Waals surface area (Å²) in [7, 11) is 2.14. The average molecular weight is 553 g/mol. The van der Waals surface area contributed by atoms with Crippen LogP contribution in [0.25, 0.3) is 11.3 Å². The van der Waals surface area contributed by atoms with E-state index in [0.717, 1.165) is 61.8 Å². The second-order valence-electron chi connectivity index (χ2n) is 11.3. The van der Waals surface area contributed by atoms with Crippen LogP contribution in [0.4, 0.5) is 5.13 Å². The summed E-state index contributed by atoms with van der Waals surface area (Å²) < 4.78 is 5.58. The Hall–Kier alpha value is -2.86. The summed E-state index contributed by atoms with van der Waals surface area (Å²) in [5.41, 5.74) is 7.50. The Morgan fingerprint density at radius 3 is 2.54 bits per heavy atom. The van der Waals surface area contributed by atoms with Crippen LogP contribution in [0.3, 0.4) is 0 Å². The summed E-state index contributed by atoms with van der Waals surface area (Å²) in [6, 6.07) is 6.33. The number of amides is 2. The van der Waals surface area contributed by atoms with Crippen LogP contribution in [0.15, 0.2) is 29.6 Å². The van der Waals surface area contributed by atoms with Gasteiger partial charge in [-0.2, -0.15) is 0 Å². The highest BCUT2D eigenvalue weighted by atomic mass is 32.1. The number of thiazole rings is 1. The maximum atomic E-state index is 13.9. The van der Waals surface area contributed by atoms with E-state index in [2.05, 4.69) is 27.5 Å². The van der Waals surface area contributed by atoms with Gasteiger partial charge in [-0.05, 0) is 32.0 Å². The predicted molar refractivity (Wildman–Crippen MR) is 149 cm³/mol. The number of Topliss-reactive ketones (excluding diaryl/α,β-unsaturated/α-hetero) is 1. The first kappa shape index (κ1) is 26.4. The van der Waals surface area contributed by atoms with E-state index in [1.165, 1.54) is 0 Å². The van der Waals surface area contributed by atoms with E-state index >= 15 is 0 Å². The third-order valence-corrected chi connectivity index (χ3v) is 9.56. The van der Waals surface area contributed by atoms with Gasteiger partial charge in [-0.3, -0.25) is 14.4 Å². The molecule has 0 radical (unpaired) electrons. The molecule has 6 rings (SSSR count). The Balaban J connectivity index is 1.17. The number of ketones is 1. The number of nitrogens with zero attached hydrogens (tertiary/aromatic N) is 4. The molecule has 3 aliphatic heterocycles. The van der Waals surface area contributed by atoms with Crippen LogP contribution in [0.2, 0.25) is 0 Å². The number of likely N-dealkylation sites (N-methyl/N-ethyl adjacent to an activating group) is 1. The van der Waals surface area contributed by atoms with Gasteiger partial charge >= 0.3 is 0 Å². The Bertz CT molecular complexity index is 1230. The molecule has 0 spiro atoms. The van der Waals surface area contributed by atoms with Crippen molar-refractivity contribution in [2.45, 2.75) is 55.8 Å². The normalized spacial score (nSPS) is 27.0. The average Bonchev–Trinajstić information content (AvgIpc) is 3.67. The topological polar surface area (TPSA) is 121 Å². The van der Waals surface area contributed by atoms with E-state index < -0.39 is 23.7 Å². The molecule has 10 nitrogen and oxygen atoms in total. The maximum absolute atomic E-state index is 13.9. The Morgan fingerprint density at radius 2 is 1.82 bits per heavy atom. The lowest BCUT2D eigenvalue weighted by atomic mass is 9.80. The van der Waals surface area contributed by atoms with Crippen molar-refractivity contribution in [2.75, 3.05) is 51.3 Å². The van der Waals surface area contributed by atoms with Gasteiger partial charge in [0.05, 0.1) is 11.7 Å². The zero-order valence-corrected chi connectivity index (χ0v) is 23.1. The highest BCUT2D eigenvalue weighted by Gasteiger charge is 2.55. The Morgan fingerprint density at radius 1 is 1.10 bits per heavy atom. The van der Waals surface area contributed by atoms with Gasteiger partial charge < -0.3 is 30.5 Å². The molecule has 2 aromatic rings. The van der Waals surface area contributed by atoms with E-state index in [9.17, 15) is 14.4 Å². The van der Waals surface area contributed by atoms with E-state index in [-0.39, 0.29) is 30.7 Å². The van der Waals surface area contributed by atoms with Gasteiger partial charge in [-0.15, -0.1) is 11.3 Å². The minimum Gasteiger partial charge on any atom is -0.366 e. The highest BCUT2D eigenvalue weighted by molar-refractivity contribution is 7.14. The van der Waals surface area contributed by atoms with Gasteiger partial charge in [-0.1, -0.05) is 31.4 Å². The van der Waals surface area contributed by atoms with Gasteiger partial charge in [0, 0.05) is 49.2 Å². The number of rotatable bonds is 5. The van der Waals surface area contributed by atoms with Crippen molar-refractivity contribution in [3.05, 3.63) is 35.2 Å². The molecule has 3 saturated heterocycles. The van der Waals surface area contributed by atoms with Gasteiger partial charge in [0.2, 0.25) is 5.91 Å². The van der Waals surface area contributed by atoms with E-state index in [0.29, 0.717) is 18.4 Å². The number of hydrogen-bond donors (Lipinski definition) is 2. The lowest BCUT2D eigenvalue weighted by molar-refractivity contribution is -0.143. The lowest BCUT2D eigenvalue weighted by Crippen LogP contribution is -2.62. The van der Waals surface area contributed by atoms with E-state index in [4.69, 9.17) is 15.5 Å². The number of ether oxygens (including phenoxy) is 1. The Labute approximate surface area is 232 Å². The van der Waals surface area contributed by atoms with Crippen LogP contribution >= 0.6 is 11.3 Å². The highest BCUT2D eigenvalue weighted by Crippen LogP contribution is 2.35. The molecule has 11 heteroatoms. The molecule has 3 atom stereocenters. The molecule has 208 valence electrons. The summed E-state index contributed by atoms with van der Waals surface area (Å²) in [4.78, 5) is 51.0. The third-order valence-electron chi connectivity index (χ3n) is 8.66. The molecule has 4 aliphatic rings. The summed E-state index contributed by atoms with van der Waals surface area (Å²) in [5.74, 6) is -0.623. The van der Waals surface area contributed by atoms with Crippen molar-refractivity contribution >= 4 is 34.1 Å². The number of benzene rings is 1. The third kappa shape index (κ3) is 4.97. The molecule has 2 amide bonds. The van der Waals surface area contributed by atoms with Crippen LogP contribution in [0, 0.1) is 0 Å². The second kappa shape index (κ2) is 10.6. The molecule has 4 heterocycles. The van der Waals surface area contributed by atoms with Crippen LogP contribution < -0.4 is 16.0 Å². The first-order chi connectivity index (χ1) is 18.8. The minimum atomic E-state index is -1.04. The molecule has 39 heavy (non-hydrogen) atoms. The van der Waals surface area contributed by atoms with Crippen molar-refractivity contribution in [2.24, 2.45) is 5.73 Å². The standard InChI is InChI=1S/C28H36N6O4S/c1-32-11-13-33(14-12-32)27-30-21(17-39-27)18-5-7-19(8-6-18)25(36)31-28(9-3-2-4-10-28)26(37)34-15-20(29)24-23(34)22(35)16-38-24/h5-8,17,20,23-24H,2-4,9-16,29H2,1H3,(H,31,36)/t20-,23+,24-/m0/s1. The summed E-state index contributed by atoms with van der Waals surface area (Å²) in [5, 5.41) is 6.17. The smallest absolute Gasteiger partial charge is 0.252 e. The van der Waals surface area contributed by atoms with Gasteiger partial charge in [0.15, 0.2) is 10.9 Å². The van der Waals surface area contributed by atoms with Crippen LogP contribution in [-0.4, -0.2) is 102 Å². The number of likely N-dealkylation sites (tertiary alicyclic amines) is 1. The number of aromatic nitrogens is 1. The molecule has 0 unspecified atom stereocenters. The monoisotopic (exact) mass is 552 g/mol. The molecule has 1 aromatic heterocycles. The predicted octanol–water partition coefficient (Wildman–Crippen LogP) is 1.50. The first-order valence-electron chi connectivity index (χ1n) is 13.9. The van der Waals surface area contributed by atoms with Gasteiger partial charge in [-0.25, -0.2) is 4.98 Å². The van der Waals surface area contributed by atoms with Crippen molar-refractivity contribution < 1.29 is 19.1 Å². The van der Waals surface area contributed by atoms with Crippen LogP contribution in [-0.2, 0) is 14.3 Å². The molecule has 4 fully saturated rings. The quantitative estimate of drug-likeness (QED) is 0.573. The van der Waals surface area contributed by atoms with E-state index in [1.54, 1.807) is 28.4 Å². The van der Waals surface area contributed by atoms with Crippen molar-refractivity contribution in [1.82, 2.24) is 20.1 Å². The summed E-state index contributed by atoms with van der Waals surface area (Å²) in [6.45, 7) is 4.23. The fourth-order valence-corrected chi connectivity index (χ4v) is 7.23. The number of hydrogen-bond acceptors (Lipinski definition) is 9.